The van der Waals surface area contributed by atoms with Gasteiger partial charge in [0.2, 0.25) is 5.91 Å². The number of nitrogens with one attached hydrogen (secondary N) is 1. The molecule has 0 spiro atoms. The van der Waals surface area contributed by atoms with Gasteiger partial charge < -0.3 is 10.1 Å². The molecule has 6 nitrogen and oxygen atoms in total. The highest BCUT2D eigenvalue weighted by atomic mass is 32.2. The highest BCUT2D eigenvalue weighted by Crippen LogP contribution is 2.31. The van der Waals surface area contributed by atoms with E-state index in [-0.39, 0.29) is 11.2 Å². The number of rotatable bonds is 8. The second-order valence-corrected chi connectivity index (χ2v) is 8.79. The zero-order valence-electron chi connectivity index (χ0n) is 17.5. The number of aryl methyl sites for hydroxylation is 1. The molecule has 0 unspecified atom stereocenters. The topological polar surface area (TPSA) is 69.0 Å². The monoisotopic (exact) mass is 422 g/mol. The van der Waals surface area contributed by atoms with Crippen molar-refractivity contribution in [3.63, 3.8) is 0 Å². The van der Waals surface area contributed by atoms with Crippen LogP contribution in [0.5, 0.6) is 5.75 Å². The molecule has 1 saturated carbocycles. The normalized spacial score (nSPS) is 14.4. The maximum absolute atomic E-state index is 12.5. The van der Waals surface area contributed by atoms with E-state index >= 15 is 0 Å². The predicted molar refractivity (Wildman–Crippen MR) is 119 cm³/mol. The largest absolute Gasteiger partial charge is 0.494 e. The number of thioether (sulfide) groups is 1. The van der Waals surface area contributed by atoms with E-state index in [4.69, 9.17) is 4.74 Å². The average molecular weight is 423 g/mol. The molecule has 30 heavy (non-hydrogen) atoms. The Morgan fingerprint density at radius 3 is 2.67 bits per heavy atom. The molecule has 3 aromatic rings. The van der Waals surface area contributed by atoms with Gasteiger partial charge >= 0.3 is 0 Å². The van der Waals surface area contributed by atoms with E-state index in [9.17, 15) is 4.79 Å². The molecule has 4 rings (SSSR count). The van der Waals surface area contributed by atoms with Gasteiger partial charge in [-0.3, -0.25) is 9.36 Å². The molecule has 7 heteroatoms. The van der Waals surface area contributed by atoms with Crippen LogP contribution < -0.4 is 10.1 Å². The van der Waals surface area contributed by atoms with Gasteiger partial charge in [0.15, 0.2) is 11.0 Å². The summed E-state index contributed by atoms with van der Waals surface area (Å²) in [6, 6.07) is 16.4. The lowest BCUT2D eigenvalue weighted by molar-refractivity contribution is -0.120. The van der Waals surface area contributed by atoms with Crippen molar-refractivity contribution in [1.29, 1.82) is 0 Å². The van der Waals surface area contributed by atoms with Crippen molar-refractivity contribution in [2.75, 3.05) is 6.61 Å². The number of benzene rings is 2. The molecule has 1 N–H and O–H groups in total. The molecule has 0 bridgehead atoms. The van der Waals surface area contributed by atoms with E-state index in [1.165, 1.54) is 11.8 Å². The minimum atomic E-state index is -0.262. The van der Waals surface area contributed by atoms with Gasteiger partial charge in [-0.15, -0.1) is 10.2 Å². The highest BCUT2D eigenvalue weighted by Gasteiger charge is 2.27. The Kier molecular flexibility index (Phi) is 6.08. The smallest absolute Gasteiger partial charge is 0.233 e. The van der Waals surface area contributed by atoms with Crippen LogP contribution in [0.25, 0.3) is 17.1 Å². The molecule has 156 valence electrons. The van der Waals surface area contributed by atoms with Crippen LogP contribution in [0.15, 0.2) is 53.7 Å². The molecular weight excluding hydrogens is 396 g/mol. The van der Waals surface area contributed by atoms with Gasteiger partial charge in [-0.2, -0.15) is 0 Å². The number of hydrogen-bond donors (Lipinski definition) is 1. The lowest BCUT2D eigenvalue weighted by Gasteiger charge is -2.14. The molecule has 1 heterocycles. The molecule has 1 amide bonds. The Labute approximate surface area is 181 Å². The van der Waals surface area contributed by atoms with E-state index in [0.717, 1.165) is 41.2 Å². The van der Waals surface area contributed by atoms with Gasteiger partial charge in [0, 0.05) is 17.3 Å². The van der Waals surface area contributed by atoms with Crippen molar-refractivity contribution in [2.45, 2.75) is 50.1 Å². The number of aromatic nitrogens is 3. The zero-order chi connectivity index (χ0) is 21.1. The molecule has 1 aromatic heterocycles. The van der Waals surface area contributed by atoms with Crippen molar-refractivity contribution in [1.82, 2.24) is 20.1 Å². The lowest BCUT2D eigenvalue weighted by Crippen LogP contribution is -2.32. The summed E-state index contributed by atoms with van der Waals surface area (Å²) in [5.41, 5.74) is 3.07. The van der Waals surface area contributed by atoms with Crippen LogP contribution in [0.4, 0.5) is 0 Å². The Morgan fingerprint density at radius 2 is 2.00 bits per heavy atom. The first-order chi connectivity index (χ1) is 14.5. The molecule has 1 fully saturated rings. The van der Waals surface area contributed by atoms with Gasteiger partial charge in [-0.05, 0) is 63.9 Å². The summed E-state index contributed by atoms with van der Waals surface area (Å²) in [5.74, 6) is 1.61. The van der Waals surface area contributed by atoms with E-state index in [1.807, 2.05) is 54.8 Å². The second-order valence-electron chi connectivity index (χ2n) is 7.48. The third-order valence-electron chi connectivity index (χ3n) is 4.89. The van der Waals surface area contributed by atoms with Gasteiger partial charge in [-0.25, -0.2) is 0 Å². The Bertz CT molecular complexity index is 1030. The summed E-state index contributed by atoms with van der Waals surface area (Å²) in [7, 11) is 0. The Balaban J connectivity index is 1.69. The highest BCUT2D eigenvalue weighted by molar-refractivity contribution is 8.00. The molecule has 0 radical (unpaired) electrons. The van der Waals surface area contributed by atoms with Gasteiger partial charge in [0.05, 0.1) is 11.9 Å². The van der Waals surface area contributed by atoms with E-state index < -0.39 is 0 Å². The van der Waals surface area contributed by atoms with Crippen molar-refractivity contribution in [3.05, 3.63) is 54.1 Å². The van der Waals surface area contributed by atoms with E-state index in [0.29, 0.717) is 17.8 Å². The fourth-order valence-electron chi connectivity index (χ4n) is 3.17. The van der Waals surface area contributed by atoms with Crippen LogP contribution >= 0.6 is 11.8 Å². The third kappa shape index (κ3) is 4.67. The molecule has 0 aliphatic heterocycles. The van der Waals surface area contributed by atoms with Crippen molar-refractivity contribution in [3.8, 4) is 22.8 Å². The summed E-state index contributed by atoms with van der Waals surface area (Å²) >= 11 is 1.42. The molecule has 1 aliphatic carbocycles. The first-order valence-corrected chi connectivity index (χ1v) is 11.2. The number of nitrogens with zero attached hydrogens (tertiary/aromatic N) is 3. The summed E-state index contributed by atoms with van der Waals surface area (Å²) in [4.78, 5) is 12.5. The summed E-state index contributed by atoms with van der Waals surface area (Å²) in [6.07, 6.45) is 2.14. The maximum Gasteiger partial charge on any atom is 0.233 e. The SMILES string of the molecule is CCOc1ccc(-n2c(S[C@@H](C)C(=O)NC3CC3)nnc2-c2cccc(C)c2)cc1. The number of carbonyl (C=O) groups is 1. The van der Waals surface area contributed by atoms with E-state index in [2.05, 4.69) is 34.6 Å². The van der Waals surface area contributed by atoms with Gasteiger partial charge in [0.1, 0.15) is 5.75 Å². The predicted octanol–water partition coefficient (Wildman–Crippen LogP) is 4.40. The van der Waals surface area contributed by atoms with Crippen LogP contribution in [0.3, 0.4) is 0 Å². The number of hydrogen-bond acceptors (Lipinski definition) is 5. The molecule has 0 saturated heterocycles. The molecular formula is C23H26N4O2S. The molecule has 1 atom stereocenters. The quantitative estimate of drug-likeness (QED) is 0.545. The maximum atomic E-state index is 12.5. The van der Waals surface area contributed by atoms with E-state index in [1.54, 1.807) is 0 Å². The summed E-state index contributed by atoms with van der Waals surface area (Å²) in [6.45, 7) is 6.55. The lowest BCUT2D eigenvalue weighted by atomic mass is 10.1. The first kappa shape index (κ1) is 20.5. The third-order valence-corrected chi connectivity index (χ3v) is 5.93. The van der Waals surface area contributed by atoms with Crippen LogP contribution in [0.2, 0.25) is 0 Å². The Hall–Kier alpha value is -2.80. The summed E-state index contributed by atoms with van der Waals surface area (Å²) < 4.78 is 7.59. The Morgan fingerprint density at radius 1 is 1.23 bits per heavy atom. The van der Waals surface area contributed by atoms with Gasteiger partial charge in [-0.1, -0.05) is 35.5 Å². The fourth-order valence-corrected chi connectivity index (χ4v) is 4.04. The summed E-state index contributed by atoms with van der Waals surface area (Å²) in [5, 5.41) is 12.4. The first-order valence-electron chi connectivity index (χ1n) is 10.3. The van der Waals surface area contributed by atoms with Crippen LogP contribution in [0, 0.1) is 6.92 Å². The standard InChI is InChI=1S/C23H26N4O2S/c1-4-29-20-12-10-19(11-13-20)27-21(17-7-5-6-15(2)14-17)25-26-23(27)30-16(3)22(28)24-18-8-9-18/h5-7,10-14,16,18H,4,8-9H2,1-3H3,(H,24,28)/t16-/m0/s1. The van der Waals surface area contributed by atoms with Crippen molar-refractivity contribution < 1.29 is 9.53 Å². The molecule has 2 aromatic carbocycles. The van der Waals surface area contributed by atoms with Crippen LogP contribution in [0.1, 0.15) is 32.3 Å². The van der Waals surface area contributed by atoms with Crippen LogP contribution in [-0.4, -0.2) is 38.6 Å². The zero-order valence-corrected chi connectivity index (χ0v) is 18.3. The minimum absolute atomic E-state index is 0.0425. The number of ether oxygens (including phenoxy) is 1. The number of carbonyl (C=O) groups excluding carboxylic acids is 1. The number of amides is 1. The molecule has 1 aliphatic rings. The fraction of sp³-hybridized carbons (Fsp3) is 0.348. The van der Waals surface area contributed by atoms with Crippen LogP contribution in [-0.2, 0) is 4.79 Å². The van der Waals surface area contributed by atoms with Crippen molar-refractivity contribution >= 4 is 17.7 Å². The minimum Gasteiger partial charge on any atom is -0.494 e. The second kappa shape index (κ2) is 8.92. The average Bonchev–Trinajstić information content (AvgIpc) is 3.46. The van der Waals surface area contributed by atoms with Crippen molar-refractivity contribution in [2.24, 2.45) is 0 Å². The van der Waals surface area contributed by atoms with Gasteiger partial charge in [0.25, 0.3) is 0 Å².